The van der Waals surface area contributed by atoms with Gasteiger partial charge in [-0.25, -0.2) is 9.13 Å². The fourth-order valence-electron chi connectivity index (χ4n) is 10.8. The predicted octanol–water partition coefficient (Wildman–Crippen LogP) is 20.4. The van der Waals surface area contributed by atoms with Gasteiger partial charge in [-0.2, -0.15) is 0 Å². The largest absolute Gasteiger partial charge is 0.472 e. The molecular weight excluding hydrogens is 1190 g/mol. The maximum Gasteiger partial charge on any atom is 0.472 e. The van der Waals surface area contributed by atoms with Gasteiger partial charge in [0.1, 0.15) is 19.3 Å². The minimum absolute atomic E-state index is 0.106. The van der Waals surface area contributed by atoms with Crippen LogP contribution in [0.5, 0.6) is 0 Å². The zero-order valence-electron chi connectivity index (χ0n) is 58.4. The van der Waals surface area contributed by atoms with E-state index in [0.717, 1.165) is 108 Å². The SMILES string of the molecule is CCCCCCCCCCCCCCC(=O)O[C@H](COC(=O)CCCCCCC)COP(=O)(O)OC[C@H](O)COP(=O)(O)OC[C@@H](COC(=O)CCCCCCCCCCCCCCCC(C)C)OC(=O)CCCCCCCCCCCCCCCCC(C)C. The second-order valence-electron chi connectivity index (χ2n) is 26.6. The molecule has 534 valence electrons. The van der Waals surface area contributed by atoms with Gasteiger partial charge in [-0.3, -0.25) is 37.3 Å². The van der Waals surface area contributed by atoms with Crippen LogP contribution in [-0.4, -0.2) is 96.7 Å². The molecule has 2 unspecified atom stereocenters. The third-order valence-corrected chi connectivity index (χ3v) is 18.4. The van der Waals surface area contributed by atoms with Crippen molar-refractivity contribution in [3.8, 4) is 0 Å². The molecule has 0 saturated heterocycles. The molecule has 0 aromatic heterocycles. The maximum atomic E-state index is 13.0. The Balaban J connectivity index is 5.16. The Morgan fingerprint density at radius 2 is 0.511 bits per heavy atom. The van der Waals surface area contributed by atoms with Gasteiger partial charge < -0.3 is 33.8 Å². The maximum absolute atomic E-state index is 13.0. The number of esters is 4. The summed E-state index contributed by atoms with van der Waals surface area (Å²) in [5, 5.41) is 10.6. The number of hydrogen-bond donors (Lipinski definition) is 3. The Labute approximate surface area is 549 Å². The molecule has 0 rings (SSSR count). The van der Waals surface area contributed by atoms with E-state index in [2.05, 4.69) is 41.5 Å². The summed E-state index contributed by atoms with van der Waals surface area (Å²) in [6.45, 7) is 9.51. The number of unbranched alkanes of at least 4 members (excludes halogenated alkanes) is 40. The van der Waals surface area contributed by atoms with Crippen LogP contribution in [0.2, 0.25) is 0 Å². The van der Waals surface area contributed by atoms with E-state index in [-0.39, 0.29) is 25.7 Å². The molecule has 0 bridgehead atoms. The molecule has 5 atom stereocenters. The van der Waals surface area contributed by atoms with Crippen LogP contribution in [-0.2, 0) is 65.4 Å². The van der Waals surface area contributed by atoms with E-state index >= 15 is 0 Å². The number of aliphatic hydroxyl groups excluding tert-OH is 1. The van der Waals surface area contributed by atoms with Crippen LogP contribution in [0.25, 0.3) is 0 Å². The highest BCUT2D eigenvalue weighted by Crippen LogP contribution is 2.45. The Hall–Kier alpha value is -1.94. The summed E-state index contributed by atoms with van der Waals surface area (Å²) < 4.78 is 68.1. The van der Waals surface area contributed by atoms with Gasteiger partial charge in [-0.1, -0.05) is 311 Å². The number of phosphoric acid groups is 2. The molecule has 0 aromatic rings. The normalized spacial score (nSPS) is 14.1. The topological polar surface area (TPSA) is 237 Å². The second-order valence-corrected chi connectivity index (χ2v) is 29.5. The summed E-state index contributed by atoms with van der Waals surface area (Å²) in [6.07, 6.45) is 48.9. The van der Waals surface area contributed by atoms with Crippen LogP contribution in [0.3, 0.4) is 0 Å². The Morgan fingerprint density at radius 3 is 0.756 bits per heavy atom. The van der Waals surface area contributed by atoms with Crippen molar-refractivity contribution in [2.24, 2.45) is 11.8 Å². The van der Waals surface area contributed by atoms with Gasteiger partial charge in [-0.15, -0.1) is 0 Å². The summed E-state index contributed by atoms with van der Waals surface area (Å²) >= 11 is 0. The van der Waals surface area contributed by atoms with Gasteiger partial charge in [0.15, 0.2) is 12.2 Å². The summed E-state index contributed by atoms with van der Waals surface area (Å²) in [6, 6.07) is 0. The molecule has 0 fully saturated rings. The lowest BCUT2D eigenvalue weighted by atomic mass is 10.0. The number of rotatable bonds is 70. The average Bonchev–Trinajstić information content (AvgIpc) is 2.99. The average molecular weight is 1330 g/mol. The highest BCUT2D eigenvalue weighted by atomic mass is 31.2. The monoisotopic (exact) mass is 1320 g/mol. The number of carbonyl (C=O) groups excluding carboxylic acids is 4. The van der Waals surface area contributed by atoms with Crippen LogP contribution in [0, 0.1) is 11.8 Å². The van der Waals surface area contributed by atoms with E-state index in [1.165, 1.54) is 173 Å². The molecule has 3 N–H and O–H groups in total. The smallest absolute Gasteiger partial charge is 0.462 e. The molecule has 0 aliphatic rings. The van der Waals surface area contributed by atoms with Gasteiger partial charge in [-0.05, 0) is 37.5 Å². The zero-order valence-corrected chi connectivity index (χ0v) is 60.2. The minimum Gasteiger partial charge on any atom is -0.462 e. The molecule has 19 heteroatoms. The first kappa shape index (κ1) is 88.1. The molecule has 0 spiro atoms. The van der Waals surface area contributed by atoms with E-state index in [1.807, 2.05) is 0 Å². The second kappa shape index (κ2) is 63.1. The van der Waals surface area contributed by atoms with Gasteiger partial charge in [0, 0.05) is 25.7 Å². The Kier molecular flexibility index (Phi) is 61.8. The van der Waals surface area contributed by atoms with E-state index in [4.69, 9.17) is 37.0 Å². The lowest BCUT2D eigenvalue weighted by molar-refractivity contribution is -0.161. The molecule has 0 saturated carbocycles. The Bertz CT molecular complexity index is 1750. The minimum atomic E-state index is -4.95. The van der Waals surface area contributed by atoms with Crippen molar-refractivity contribution in [2.75, 3.05) is 39.6 Å². The van der Waals surface area contributed by atoms with Crippen LogP contribution in [0.4, 0.5) is 0 Å². The van der Waals surface area contributed by atoms with E-state index < -0.39 is 97.5 Å². The highest BCUT2D eigenvalue weighted by Gasteiger charge is 2.30. The predicted molar refractivity (Wildman–Crippen MR) is 363 cm³/mol. The number of phosphoric ester groups is 2. The fourth-order valence-corrected chi connectivity index (χ4v) is 12.3. The molecule has 17 nitrogen and oxygen atoms in total. The van der Waals surface area contributed by atoms with Crippen molar-refractivity contribution in [1.29, 1.82) is 0 Å². The van der Waals surface area contributed by atoms with Gasteiger partial charge in [0.25, 0.3) is 0 Å². The molecule has 0 amide bonds. The summed E-state index contributed by atoms with van der Waals surface area (Å²) in [5.74, 6) is -0.546. The van der Waals surface area contributed by atoms with Crippen molar-refractivity contribution < 1.29 is 80.2 Å². The van der Waals surface area contributed by atoms with Gasteiger partial charge >= 0.3 is 39.5 Å². The molecule has 90 heavy (non-hydrogen) atoms. The van der Waals surface area contributed by atoms with E-state index in [9.17, 15) is 43.2 Å². The Morgan fingerprint density at radius 1 is 0.300 bits per heavy atom. The quantitative estimate of drug-likeness (QED) is 0.0222. The molecular formula is C71H138O17P2. The van der Waals surface area contributed by atoms with E-state index in [1.54, 1.807) is 0 Å². The molecule has 0 aliphatic heterocycles. The van der Waals surface area contributed by atoms with Crippen LogP contribution < -0.4 is 0 Å². The van der Waals surface area contributed by atoms with Crippen molar-refractivity contribution in [3.05, 3.63) is 0 Å². The van der Waals surface area contributed by atoms with Crippen LogP contribution >= 0.6 is 15.6 Å². The zero-order chi connectivity index (χ0) is 66.5. The molecule has 0 radical (unpaired) electrons. The van der Waals surface area contributed by atoms with E-state index in [0.29, 0.717) is 25.7 Å². The first-order valence-electron chi connectivity index (χ1n) is 37.0. The molecule has 0 aromatic carbocycles. The summed E-state index contributed by atoms with van der Waals surface area (Å²) in [7, 11) is -9.89. The molecule has 0 aliphatic carbocycles. The molecule has 0 heterocycles. The first-order chi connectivity index (χ1) is 43.4. The van der Waals surface area contributed by atoms with Crippen molar-refractivity contribution in [3.63, 3.8) is 0 Å². The van der Waals surface area contributed by atoms with Crippen molar-refractivity contribution in [1.82, 2.24) is 0 Å². The van der Waals surface area contributed by atoms with Gasteiger partial charge in [0.2, 0.25) is 0 Å². The fraction of sp³-hybridized carbons (Fsp3) is 0.944. The van der Waals surface area contributed by atoms with Crippen LogP contribution in [0.1, 0.15) is 363 Å². The number of ether oxygens (including phenoxy) is 4. The number of hydrogen-bond acceptors (Lipinski definition) is 15. The van der Waals surface area contributed by atoms with Crippen molar-refractivity contribution >= 4 is 39.5 Å². The summed E-state index contributed by atoms with van der Waals surface area (Å²) in [5.41, 5.74) is 0. The standard InChI is InChI=1S/C71H138O17P2/c1-7-9-11-13-14-15-16-26-32-37-43-49-55-70(75)87-66(59-81-68(73)53-47-39-12-10-8-2)61-85-89(77,78)83-57-65(72)58-84-90(79,80)86-62-67(60-82-69(74)54-48-42-36-31-27-23-19-21-25-30-35-41-46-52-64(5)6)88-71(76)56-50-44-38-33-28-22-18-17-20-24-29-34-40-45-51-63(3)4/h63-67,72H,7-62H2,1-6H3,(H,77,78)(H,79,80)/t65-,66+,67+/m0/s1. The van der Waals surface area contributed by atoms with Crippen molar-refractivity contribution in [2.45, 2.75) is 381 Å². The van der Waals surface area contributed by atoms with Gasteiger partial charge in [0.05, 0.1) is 26.4 Å². The lowest BCUT2D eigenvalue weighted by Gasteiger charge is -2.21. The highest BCUT2D eigenvalue weighted by molar-refractivity contribution is 7.47. The number of carbonyl (C=O) groups is 4. The lowest BCUT2D eigenvalue weighted by Crippen LogP contribution is -2.30. The third-order valence-electron chi connectivity index (χ3n) is 16.5. The first-order valence-corrected chi connectivity index (χ1v) is 40.0. The van der Waals surface area contributed by atoms with Crippen LogP contribution in [0.15, 0.2) is 0 Å². The number of aliphatic hydroxyl groups is 1. The summed E-state index contributed by atoms with van der Waals surface area (Å²) in [4.78, 5) is 72.3. The third kappa shape index (κ3) is 64.8.